The van der Waals surface area contributed by atoms with Crippen molar-refractivity contribution < 1.29 is 19.4 Å². The predicted molar refractivity (Wildman–Crippen MR) is 117 cm³/mol. The van der Waals surface area contributed by atoms with Crippen LogP contribution in [0.25, 0.3) is 12.2 Å². The highest BCUT2D eigenvalue weighted by atomic mass is 16.5. The van der Waals surface area contributed by atoms with Gasteiger partial charge in [-0.2, -0.15) is 0 Å². The molecule has 0 heterocycles. The number of hydrogen-bond donors (Lipinski definition) is 1. The summed E-state index contributed by atoms with van der Waals surface area (Å²) in [6.07, 6.45) is 6.16. The largest absolute Gasteiger partial charge is 0.496 e. The SMILES string of the molecule is COc1cc2c(c(OC)c1C=Cc1ccc(C(=O)O)cc1)C(C)(C)CCC2(C)C. The monoisotopic (exact) mass is 394 g/mol. The van der Waals surface area contributed by atoms with Crippen molar-refractivity contribution in [3.8, 4) is 11.5 Å². The van der Waals surface area contributed by atoms with E-state index in [4.69, 9.17) is 14.6 Å². The summed E-state index contributed by atoms with van der Waals surface area (Å²) in [4.78, 5) is 11.1. The highest BCUT2D eigenvalue weighted by Crippen LogP contribution is 2.52. The van der Waals surface area contributed by atoms with Gasteiger partial charge in [0.05, 0.1) is 25.3 Å². The molecular weight excluding hydrogens is 364 g/mol. The van der Waals surface area contributed by atoms with Crippen molar-refractivity contribution in [2.45, 2.75) is 51.4 Å². The van der Waals surface area contributed by atoms with E-state index < -0.39 is 5.97 Å². The molecule has 1 aliphatic rings. The van der Waals surface area contributed by atoms with Gasteiger partial charge in [0.2, 0.25) is 0 Å². The van der Waals surface area contributed by atoms with Crippen LogP contribution in [-0.2, 0) is 10.8 Å². The fourth-order valence-electron chi connectivity index (χ4n) is 4.20. The van der Waals surface area contributed by atoms with Crippen molar-refractivity contribution in [1.82, 2.24) is 0 Å². The Labute approximate surface area is 173 Å². The van der Waals surface area contributed by atoms with E-state index in [1.54, 1.807) is 38.5 Å². The number of ether oxygens (including phenoxy) is 2. The van der Waals surface area contributed by atoms with Gasteiger partial charge in [-0.3, -0.25) is 0 Å². The number of aromatic carboxylic acids is 1. The number of benzene rings is 2. The second-order valence-electron chi connectivity index (χ2n) is 8.98. The third-order valence-electron chi connectivity index (χ3n) is 6.09. The Morgan fingerprint density at radius 1 is 0.966 bits per heavy atom. The van der Waals surface area contributed by atoms with E-state index in [1.807, 2.05) is 12.2 Å². The summed E-state index contributed by atoms with van der Waals surface area (Å²) < 4.78 is 11.7. The third kappa shape index (κ3) is 3.89. The normalized spacial score (nSPS) is 17.0. The molecule has 1 N–H and O–H groups in total. The van der Waals surface area contributed by atoms with Crippen molar-refractivity contribution in [2.24, 2.45) is 0 Å². The number of methoxy groups -OCH3 is 2. The molecule has 0 fully saturated rings. The van der Waals surface area contributed by atoms with E-state index in [2.05, 4.69) is 33.8 Å². The van der Waals surface area contributed by atoms with Crippen molar-refractivity contribution in [2.75, 3.05) is 14.2 Å². The average molecular weight is 395 g/mol. The van der Waals surface area contributed by atoms with Crippen molar-refractivity contribution in [3.63, 3.8) is 0 Å². The number of fused-ring (bicyclic) bond motifs is 1. The summed E-state index contributed by atoms with van der Waals surface area (Å²) >= 11 is 0. The molecule has 3 rings (SSSR count). The molecular formula is C25H30O4. The Morgan fingerprint density at radius 2 is 1.59 bits per heavy atom. The van der Waals surface area contributed by atoms with Crippen molar-refractivity contribution in [1.29, 1.82) is 0 Å². The first-order valence-electron chi connectivity index (χ1n) is 9.92. The number of carboxylic acids is 1. The molecule has 29 heavy (non-hydrogen) atoms. The lowest BCUT2D eigenvalue weighted by atomic mass is 9.62. The highest BCUT2D eigenvalue weighted by molar-refractivity contribution is 5.88. The molecule has 0 spiro atoms. The maximum absolute atomic E-state index is 11.1. The Hall–Kier alpha value is -2.75. The number of carboxylic acid groups (broad SMARTS) is 1. The minimum absolute atomic E-state index is 0.00813. The molecule has 2 aromatic rings. The Kier molecular flexibility index (Phi) is 5.48. The van der Waals surface area contributed by atoms with E-state index >= 15 is 0 Å². The van der Waals surface area contributed by atoms with E-state index in [9.17, 15) is 4.79 Å². The van der Waals surface area contributed by atoms with Gasteiger partial charge in [0.1, 0.15) is 11.5 Å². The molecule has 0 amide bonds. The van der Waals surface area contributed by atoms with E-state index in [0.29, 0.717) is 0 Å². The molecule has 4 nitrogen and oxygen atoms in total. The van der Waals surface area contributed by atoms with Gasteiger partial charge in [0, 0.05) is 5.56 Å². The van der Waals surface area contributed by atoms with Crippen LogP contribution >= 0.6 is 0 Å². The molecule has 0 saturated heterocycles. The topological polar surface area (TPSA) is 55.8 Å². The van der Waals surface area contributed by atoms with Crippen LogP contribution < -0.4 is 9.47 Å². The molecule has 0 aliphatic heterocycles. The predicted octanol–water partition coefficient (Wildman–Crippen LogP) is 5.92. The van der Waals surface area contributed by atoms with Crippen LogP contribution in [-0.4, -0.2) is 25.3 Å². The smallest absolute Gasteiger partial charge is 0.335 e. The molecule has 0 radical (unpaired) electrons. The van der Waals surface area contributed by atoms with Gasteiger partial charge in [-0.25, -0.2) is 4.79 Å². The highest BCUT2D eigenvalue weighted by Gasteiger charge is 2.40. The van der Waals surface area contributed by atoms with Gasteiger partial charge in [-0.15, -0.1) is 0 Å². The molecule has 0 aromatic heterocycles. The Morgan fingerprint density at radius 3 is 2.14 bits per heavy atom. The molecule has 2 aromatic carbocycles. The van der Waals surface area contributed by atoms with E-state index in [-0.39, 0.29) is 16.4 Å². The van der Waals surface area contributed by atoms with Gasteiger partial charge >= 0.3 is 5.97 Å². The standard InChI is InChI=1S/C25H30O4/c1-24(2)13-14-25(3,4)21-19(24)15-20(28-5)18(22(21)29-6)12-9-16-7-10-17(11-8-16)23(26)27/h7-12,15H,13-14H2,1-6H3,(H,26,27). The number of hydrogen-bond acceptors (Lipinski definition) is 3. The fourth-order valence-corrected chi connectivity index (χ4v) is 4.20. The summed E-state index contributed by atoms with van der Waals surface area (Å²) in [5.74, 6) is 0.712. The van der Waals surface area contributed by atoms with Gasteiger partial charge in [-0.05, 0) is 59.1 Å². The van der Waals surface area contributed by atoms with Crippen LogP contribution in [0.5, 0.6) is 11.5 Å². The van der Waals surface area contributed by atoms with Crippen LogP contribution in [0.4, 0.5) is 0 Å². The van der Waals surface area contributed by atoms with E-state index in [0.717, 1.165) is 35.5 Å². The summed E-state index contributed by atoms with van der Waals surface area (Å²) in [5.41, 5.74) is 4.69. The molecule has 0 unspecified atom stereocenters. The maximum Gasteiger partial charge on any atom is 0.335 e. The summed E-state index contributed by atoms with van der Waals surface area (Å²) in [6, 6.07) is 8.96. The molecule has 0 saturated carbocycles. The van der Waals surface area contributed by atoms with Crippen molar-refractivity contribution >= 4 is 18.1 Å². The van der Waals surface area contributed by atoms with Crippen LogP contribution in [0.15, 0.2) is 30.3 Å². The summed E-state index contributed by atoms with van der Waals surface area (Å²) in [7, 11) is 3.40. The molecule has 154 valence electrons. The van der Waals surface area contributed by atoms with Crippen LogP contribution in [0.1, 0.15) is 73.1 Å². The quantitative estimate of drug-likeness (QED) is 0.640. The third-order valence-corrected chi connectivity index (χ3v) is 6.09. The van der Waals surface area contributed by atoms with Gasteiger partial charge < -0.3 is 14.6 Å². The zero-order chi connectivity index (χ0) is 21.4. The Balaban J connectivity index is 2.15. The zero-order valence-corrected chi connectivity index (χ0v) is 18.1. The lowest BCUT2D eigenvalue weighted by Crippen LogP contribution is -2.34. The second kappa shape index (κ2) is 7.58. The minimum atomic E-state index is -0.927. The second-order valence-corrected chi connectivity index (χ2v) is 8.98. The molecule has 1 aliphatic carbocycles. The van der Waals surface area contributed by atoms with Gasteiger partial charge in [0.25, 0.3) is 0 Å². The molecule has 0 bridgehead atoms. The van der Waals surface area contributed by atoms with Crippen molar-refractivity contribution in [3.05, 3.63) is 58.1 Å². The minimum Gasteiger partial charge on any atom is -0.496 e. The molecule has 4 heteroatoms. The fraction of sp³-hybridized carbons (Fsp3) is 0.400. The lowest BCUT2D eigenvalue weighted by molar-refractivity contribution is 0.0697. The summed E-state index contributed by atoms with van der Waals surface area (Å²) in [5, 5.41) is 9.07. The first kappa shape index (κ1) is 21.0. The average Bonchev–Trinajstić information content (AvgIpc) is 2.69. The Bertz CT molecular complexity index is 950. The maximum atomic E-state index is 11.1. The van der Waals surface area contributed by atoms with Gasteiger partial charge in [-0.1, -0.05) is 45.9 Å². The lowest BCUT2D eigenvalue weighted by Gasteiger charge is -2.43. The van der Waals surface area contributed by atoms with Crippen LogP contribution in [0.3, 0.4) is 0 Å². The van der Waals surface area contributed by atoms with E-state index in [1.165, 1.54) is 11.1 Å². The molecule has 0 atom stereocenters. The number of rotatable bonds is 5. The summed E-state index contributed by atoms with van der Waals surface area (Å²) in [6.45, 7) is 9.10. The zero-order valence-electron chi connectivity index (χ0n) is 18.1. The number of carbonyl (C=O) groups is 1. The first-order chi connectivity index (χ1) is 13.6. The van der Waals surface area contributed by atoms with Crippen LogP contribution in [0, 0.1) is 0 Å². The first-order valence-corrected chi connectivity index (χ1v) is 9.92. The van der Waals surface area contributed by atoms with Crippen LogP contribution in [0.2, 0.25) is 0 Å². The van der Waals surface area contributed by atoms with Gasteiger partial charge in [0.15, 0.2) is 0 Å².